The van der Waals surface area contributed by atoms with Gasteiger partial charge in [0.1, 0.15) is 0 Å². The highest BCUT2D eigenvalue weighted by Crippen LogP contribution is 2.13. The molecule has 1 fully saturated rings. The Labute approximate surface area is 91.4 Å². The van der Waals surface area contributed by atoms with Gasteiger partial charge in [-0.3, -0.25) is 4.99 Å². The van der Waals surface area contributed by atoms with E-state index in [-0.39, 0.29) is 6.04 Å². The number of dihydropyridines is 1. The van der Waals surface area contributed by atoms with Crippen molar-refractivity contribution in [3.05, 3.63) is 11.8 Å². The maximum Gasteiger partial charge on any atom is 0.0645 e. The molecule has 0 bridgehead atoms. The zero-order valence-electron chi connectivity index (χ0n) is 9.39. The summed E-state index contributed by atoms with van der Waals surface area (Å²) < 4.78 is 0. The molecule has 0 amide bonds. The molecule has 2 aliphatic heterocycles. The maximum atomic E-state index is 6.04. The molecule has 0 saturated carbocycles. The summed E-state index contributed by atoms with van der Waals surface area (Å²) in [4.78, 5) is 9.05. The zero-order chi connectivity index (χ0) is 10.7. The van der Waals surface area contributed by atoms with Crippen molar-refractivity contribution < 1.29 is 0 Å². The third kappa shape index (κ3) is 2.38. The second-order valence-electron chi connectivity index (χ2n) is 4.13. The van der Waals surface area contributed by atoms with E-state index in [9.17, 15) is 0 Å². The van der Waals surface area contributed by atoms with Crippen LogP contribution in [0.25, 0.3) is 0 Å². The smallest absolute Gasteiger partial charge is 0.0645 e. The van der Waals surface area contributed by atoms with Crippen molar-refractivity contribution in [2.75, 3.05) is 39.3 Å². The summed E-state index contributed by atoms with van der Waals surface area (Å²) in [6.07, 6.45) is 3.95. The molecular weight excluding hydrogens is 188 g/mol. The van der Waals surface area contributed by atoms with Gasteiger partial charge in [-0.05, 0) is 12.6 Å². The summed E-state index contributed by atoms with van der Waals surface area (Å²) in [6.45, 7) is 8.60. The molecule has 15 heavy (non-hydrogen) atoms. The van der Waals surface area contributed by atoms with Crippen LogP contribution in [0.2, 0.25) is 0 Å². The molecule has 0 aromatic rings. The quantitative estimate of drug-likeness (QED) is 0.690. The van der Waals surface area contributed by atoms with E-state index in [2.05, 4.69) is 27.8 Å². The first-order valence-electron chi connectivity index (χ1n) is 5.74. The number of aliphatic imine (C=N–C) groups is 1. The Balaban J connectivity index is 1.95. The highest BCUT2D eigenvalue weighted by molar-refractivity contribution is 5.73. The number of rotatable bonds is 2. The second-order valence-corrected chi connectivity index (χ2v) is 4.13. The van der Waals surface area contributed by atoms with E-state index in [1.54, 1.807) is 0 Å². The van der Waals surface area contributed by atoms with Gasteiger partial charge < -0.3 is 15.5 Å². The van der Waals surface area contributed by atoms with Crippen LogP contribution in [0.3, 0.4) is 0 Å². The van der Waals surface area contributed by atoms with Crippen molar-refractivity contribution in [2.24, 2.45) is 10.7 Å². The molecule has 4 nitrogen and oxygen atoms in total. The van der Waals surface area contributed by atoms with Gasteiger partial charge in [-0.1, -0.05) is 6.92 Å². The van der Waals surface area contributed by atoms with Crippen LogP contribution >= 0.6 is 0 Å². The lowest BCUT2D eigenvalue weighted by atomic mass is 10.1. The Kier molecular flexibility index (Phi) is 3.38. The van der Waals surface area contributed by atoms with Gasteiger partial charge in [-0.25, -0.2) is 0 Å². The molecule has 1 unspecified atom stereocenters. The highest BCUT2D eigenvalue weighted by atomic mass is 15.3. The zero-order valence-corrected chi connectivity index (χ0v) is 9.39. The normalized spacial score (nSPS) is 28.0. The molecule has 2 N–H and O–H groups in total. The number of likely N-dealkylation sites (N-methyl/N-ethyl adjacent to an activating group) is 1. The van der Waals surface area contributed by atoms with E-state index in [1.165, 1.54) is 5.70 Å². The van der Waals surface area contributed by atoms with Gasteiger partial charge in [0.05, 0.1) is 12.6 Å². The third-order valence-corrected chi connectivity index (χ3v) is 3.22. The topological polar surface area (TPSA) is 44.9 Å². The van der Waals surface area contributed by atoms with Crippen molar-refractivity contribution in [3.63, 3.8) is 0 Å². The Hall–Kier alpha value is -0.870. The van der Waals surface area contributed by atoms with E-state index in [4.69, 9.17) is 5.73 Å². The molecule has 1 atom stereocenters. The van der Waals surface area contributed by atoms with Gasteiger partial charge in [0.2, 0.25) is 0 Å². The average Bonchev–Trinajstić information content (AvgIpc) is 2.30. The van der Waals surface area contributed by atoms with Crippen LogP contribution in [-0.2, 0) is 0 Å². The summed E-state index contributed by atoms with van der Waals surface area (Å²) in [6, 6.07) is 0.100. The largest absolute Gasteiger partial charge is 0.371 e. The van der Waals surface area contributed by atoms with Crippen LogP contribution in [0.5, 0.6) is 0 Å². The SMILES string of the molecule is CCN1CCN(C2=CC=NCC2N)CC1. The minimum atomic E-state index is 0.100. The van der Waals surface area contributed by atoms with E-state index in [0.29, 0.717) is 0 Å². The molecular formula is C11H20N4. The fraction of sp³-hybridized carbons (Fsp3) is 0.727. The lowest BCUT2D eigenvalue weighted by Crippen LogP contribution is -2.49. The second kappa shape index (κ2) is 4.77. The summed E-state index contributed by atoms with van der Waals surface area (Å²) in [5.74, 6) is 0. The Morgan fingerprint density at radius 2 is 2.13 bits per heavy atom. The van der Waals surface area contributed by atoms with Crippen LogP contribution < -0.4 is 5.73 Å². The predicted molar refractivity (Wildman–Crippen MR) is 63.1 cm³/mol. The molecule has 0 aliphatic carbocycles. The standard InChI is InChI=1S/C11H20N4/c1-2-14-5-7-15(8-6-14)11-3-4-13-9-10(11)12/h3-4,10H,2,5-9,12H2,1H3. The summed E-state index contributed by atoms with van der Waals surface area (Å²) in [7, 11) is 0. The summed E-state index contributed by atoms with van der Waals surface area (Å²) >= 11 is 0. The molecule has 0 aromatic carbocycles. The lowest BCUT2D eigenvalue weighted by molar-refractivity contribution is 0.159. The van der Waals surface area contributed by atoms with Gasteiger partial charge in [0, 0.05) is 38.1 Å². The predicted octanol–water partition coefficient (Wildman–Crippen LogP) is -0.0805. The van der Waals surface area contributed by atoms with Crippen LogP contribution in [-0.4, -0.2) is 61.3 Å². The van der Waals surface area contributed by atoms with Crippen LogP contribution in [0.15, 0.2) is 16.8 Å². The first-order valence-corrected chi connectivity index (χ1v) is 5.74. The maximum absolute atomic E-state index is 6.04. The Morgan fingerprint density at radius 3 is 2.73 bits per heavy atom. The fourth-order valence-electron chi connectivity index (χ4n) is 2.18. The summed E-state index contributed by atoms with van der Waals surface area (Å²) in [5.41, 5.74) is 7.30. The number of hydrogen-bond donors (Lipinski definition) is 1. The molecule has 84 valence electrons. The Bertz CT molecular complexity index is 264. The van der Waals surface area contributed by atoms with E-state index in [0.717, 1.165) is 39.3 Å². The lowest BCUT2D eigenvalue weighted by Gasteiger charge is -2.38. The first-order chi connectivity index (χ1) is 7.31. The molecule has 2 aliphatic rings. The molecule has 4 heteroatoms. The minimum absolute atomic E-state index is 0.100. The van der Waals surface area contributed by atoms with Gasteiger partial charge in [-0.15, -0.1) is 0 Å². The number of nitrogens with zero attached hydrogens (tertiary/aromatic N) is 3. The van der Waals surface area contributed by atoms with Crippen LogP contribution in [0.1, 0.15) is 6.92 Å². The van der Waals surface area contributed by atoms with E-state index >= 15 is 0 Å². The molecule has 0 aromatic heterocycles. The van der Waals surface area contributed by atoms with Crippen molar-refractivity contribution in [2.45, 2.75) is 13.0 Å². The number of allylic oxidation sites excluding steroid dienone is 1. The van der Waals surface area contributed by atoms with Crippen molar-refractivity contribution >= 4 is 6.21 Å². The van der Waals surface area contributed by atoms with Crippen LogP contribution in [0.4, 0.5) is 0 Å². The first kappa shape index (κ1) is 10.6. The van der Waals surface area contributed by atoms with Gasteiger partial charge in [-0.2, -0.15) is 0 Å². The van der Waals surface area contributed by atoms with Gasteiger partial charge >= 0.3 is 0 Å². The van der Waals surface area contributed by atoms with Crippen LogP contribution in [0, 0.1) is 0 Å². The van der Waals surface area contributed by atoms with Crippen molar-refractivity contribution in [1.82, 2.24) is 9.80 Å². The molecule has 2 rings (SSSR count). The monoisotopic (exact) mass is 208 g/mol. The van der Waals surface area contributed by atoms with Crippen molar-refractivity contribution in [1.29, 1.82) is 0 Å². The van der Waals surface area contributed by atoms with Crippen molar-refractivity contribution in [3.8, 4) is 0 Å². The minimum Gasteiger partial charge on any atom is -0.371 e. The third-order valence-electron chi connectivity index (χ3n) is 3.22. The van der Waals surface area contributed by atoms with E-state index in [1.807, 2.05) is 6.21 Å². The summed E-state index contributed by atoms with van der Waals surface area (Å²) in [5, 5.41) is 0. The number of nitrogens with two attached hydrogens (primary N) is 1. The van der Waals surface area contributed by atoms with E-state index < -0.39 is 0 Å². The number of piperazine rings is 1. The Morgan fingerprint density at radius 1 is 1.40 bits per heavy atom. The van der Waals surface area contributed by atoms with Gasteiger partial charge in [0.25, 0.3) is 0 Å². The molecule has 0 spiro atoms. The molecule has 0 radical (unpaired) electrons. The van der Waals surface area contributed by atoms with Gasteiger partial charge in [0.15, 0.2) is 0 Å². The average molecular weight is 208 g/mol. The molecule has 1 saturated heterocycles. The fourth-order valence-corrected chi connectivity index (χ4v) is 2.18. The molecule has 2 heterocycles. The number of hydrogen-bond acceptors (Lipinski definition) is 4. The highest BCUT2D eigenvalue weighted by Gasteiger charge is 2.21.